The van der Waals surface area contributed by atoms with Crippen LogP contribution in [0.3, 0.4) is 0 Å². The summed E-state index contributed by atoms with van der Waals surface area (Å²) in [5.41, 5.74) is 1.02. The number of rotatable bonds is 4. The van der Waals surface area contributed by atoms with Crippen molar-refractivity contribution in [2.24, 2.45) is 0 Å². The van der Waals surface area contributed by atoms with Crippen LogP contribution in [-0.2, 0) is 11.2 Å². The lowest BCUT2D eigenvalue weighted by Crippen LogP contribution is -2.31. The molecular formula is C15H20N4O2. The summed E-state index contributed by atoms with van der Waals surface area (Å²) in [6.45, 7) is 3.33. The number of carbonyl (C=O) groups excluding carboxylic acids is 1. The third kappa shape index (κ3) is 2.90. The van der Waals surface area contributed by atoms with Crippen LogP contribution in [0.1, 0.15) is 35.4 Å². The van der Waals surface area contributed by atoms with E-state index in [1.807, 2.05) is 16.7 Å². The number of methoxy groups -OCH3 is 1. The van der Waals surface area contributed by atoms with E-state index in [0.717, 1.165) is 18.8 Å². The molecule has 0 N–H and O–H groups in total. The first-order valence-electron chi connectivity index (χ1n) is 7.43. The zero-order valence-corrected chi connectivity index (χ0v) is 12.3. The highest BCUT2D eigenvalue weighted by atomic mass is 16.5. The molecule has 6 heteroatoms. The summed E-state index contributed by atoms with van der Waals surface area (Å²) in [6, 6.07) is 3.54. The normalized spacial score (nSPS) is 16.2. The smallest absolute Gasteiger partial charge is 0.341 e. The van der Waals surface area contributed by atoms with Crippen molar-refractivity contribution < 1.29 is 9.53 Å². The Hall–Kier alpha value is -1.95. The van der Waals surface area contributed by atoms with Crippen LogP contribution in [0.2, 0.25) is 0 Å². The quantitative estimate of drug-likeness (QED) is 0.799. The van der Waals surface area contributed by atoms with Gasteiger partial charge >= 0.3 is 5.97 Å². The van der Waals surface area contributed by atoms with E-state index in [4.69, 9.17) is 4.74 Å². The molecule has 1 fully saturated rings. The average molecular weight is 288 g/mol. The Morgan fingerprint density at radius 3 is 2.86 bits per heavy atom. The molecule has 112 valence electrons. The highest BCUT2D eigenvalue weighted by Crippen LogP contribution is 2.13. The maximum atomic E-state index is 11.7. The summed E-state index contributed by atoms with van der Waals surface area (Å²) in [5.74, 6) is 0.511. The van der Waals surface area contributed by atoms with Gasteiger partial charge in [-0.05, 0) is 38.1 Å². The van der Waals surface area contributed by atoms with Crippen molar-refractivity contribution in [3.8, 4) is 0 Å². The van der Waals surface area contributed by atoms with Gasteiger partial charge in [0.15, 0.2) is 5.65 Å². The summed E-state index contributed by atoms with van der Waals surface area (Å²) in [6.07, 6.45) is 6.64. The molecule has 1 saturated heterocycles. The lowest BCUT2D eigenvalue weighted by atomic mass is 10.1. The highest BCUT2D eigenvalue weighted by molar-refractivity contribution is 5.95. The van der Waals surface area contributed by atoms with Gasteiger partial charge in [0.05, 0.1) is 7.11 Å². The number of fused-ring (bicyclic) bond motifs is 1. The van der Waals surface area contributed by atoms with Crippen LogP contribution in [0.25, 0.3) is 5.65 Å². The van der Waals surface area contributed by atoms with E-state index in [0.29, 0.717) is 11.2 Å². The number of carbonyl (C=O) groups is 1. The summed E-state index contributed by atoms with van der Waals surface area (Å²) < 4.78 is 6.67. The molecule has 6 nitrogen and oxygen atoms in total. The Bertz CT molecular complexity index is 632. The first-order chi connectivity index (χ1) is 10.3. The lowest BCUT2D eigenvalue weighted by Gasteiger charge is -2.25. The van der Waals surface area contributed by atoms with Crippen LogP contribution >= 0.6 is 0 Å². The minimum Gasteiger partial charge on any atom is -0.465 e. The van der Waals surface area contributed by atoms with Crippen LogP contribution in [-0.4, -0.2) is 52.2 Å². The summed E-state index contributed by atoms with van der Waals surface area (Å²) in [7, 11) is 1.37. The molecule has 2 aromatic rings. The third-order valence-electron chi connectivity index (χ3n) is 4.01. The molecule has 1 aliphatic heterocycles. The molecule has 3 heterocycles. The number of pyridine rings is 1. The Labute approximate surface area is 123 Å². The minimum atomic E-state index is -0.379. The molecule has 0 unspecified atom stereocenters. The summed E-state index contributed by atoms with van der Waals surface area (Å²) in [4.78, 5) is 14.2. The molecule has 3 rings (SSSR count). The van der Waals surface area contributed by atoms with Gasteiger partial charge in [-0.1, -0.05) is 6.42 Å². The number of likely N-dealkylation sites (tertiary alicyclic amines) is 1. The van der Waals surface area contributed by atoms with E-state index in [1.165, 1.54) is 39.5 Å². The van der Waals surface area contributed by atoms with Gasteiger partial charge in [-0.25, -0.2) is 4.79 Å². The van der Waals surface area contributed by atoms with Gasteiger partial charge in [-0.15, -0.1) is 10.2 Å². The first-order valence-corrected chi connectivity index (χ1v) is 7.43. The van der Waals surface area contributed by atoms with Crippen molar-refractivity contribution in [3.05, 3.63) is 29.7 Å². The monoisotopic (exact) mass is 288 g/mol. The van der Waals surface area contributed by atoms with Crippen LogP contribution in [0, 0.1) is 0 Å². The number of esters is 1. The molecule has 0 atom stereocenters. The first kappa shape index (κ1) is 14.0. The van der Waals surface area contributed by atoms with Crippen molar-refractivity contribution in [2.45, 2.75) is 25.7 Å². The molecule has 2 aromatic heterocycles. The molecule has 0 spiro atoms. The zero-order valence-electron chi connectivity index (χ0n) is 12.3. The number of nitrogens with zero attached hydrogens (tertiary/aromatic N) is 4. The van der Waals surface area contributed by atoms with Crippen LogP contribution < -0.4 is 0 Å². The standard InChI is InChI=1S/C15H20N4O2/c1-21-15(20)12-6-5-10-19-13(16-17-14(12)19)7-11-18-8-3-2-4-9-18/h5-6,10H,2-4,7-9,11H2,1H3. The van der Waals surface area contributed by atoms with Crippen LogP contribution in [0.15, 0.2) is 18.3 Å². The number of hydrogen-bond acceptors (Lipinski definition) is 5. The molecule has 0 aliphatic carbocycles. The van der Waals surface area contributed by atoms with Crippen molar-refractivity contribution in [2.75, 3.05) is 26.7 Å². The van der Waals surface area contributed by atoms with Gasteiger partial charge in [-0.3, -0.25) is 4.40 Å². The van der Waals surface area contributed by atoms with E-state index in [-0.39, 0.29) is 5.97 Å². The van der Waals surface area contributed by atoms with E-state index in [1.54, 1.807) is 6.07 Å². The van der Waals surface area contributed by atoms with Crippen molar-refractivity contribution in [3.63, 3.8) is 0 Å². The second-order valence-electron chi connectivity index (χ2n) is 5.38. The molecule has 0 aromatic carbocycles. The van der Waals surface area contributed by atoms with E-state index in [9.17, 15) is 4.79 Å². The fraction of sp³-hybridized carbons (Fsp3) is 0.533. The van der Waals surface area contributed by atoms with Crippen LogP contribution in [0.5, 0.6) is 0 Å². The average Bonchev–Trinajstić information content (AvgIpc) is 2.96. The van der Waals surface area contributed by atoms with Gasteiger partial charge in [0, 0.05) is 19.2 Å². The van der Waals surface area contributed by atoms with Gasteiger partial charge in [-0.2, -0.15) is 0 Å². The maximum absolute atomic E-state index is 11.7. The van der Waals surface area contributed by atoms with Gasteiger partial charge < -0.3 is 9.64 Å². The molecular weight excluding hydrogens is 268 g/mol. The number of hydrogen-bond donors (Lipinski definition) is 0. The Morgan fingerprint density at radius 2 is 2.10 bits per heavy atom. The summed E-state index contributed by atoms with van der Waals surface area (Å²) >= 11 is 0. The molecule has 21 heavy (non-hydrogen) atoms. The topological polar surface area (TPSA) is 59.7 Å². The second kappa shape index (κ2) is 6.22. The maximum Gasteiger partial charge on any atom is 0.341 e. The van der Waals surface area contributed by atoms with Gasteiger partial charge in [0.2, 0.25) is 0 Å². The van der Waals surface area contributed by atoms with E-state index >= 15 is 0 Å². The number of piperidine rings is 1. The minimum absolute atomic E-state index is 0.379. The fourth-order valence-electron chi connectivity index (χ4n) is 2.84. The van der Waals surface area contributed by atoms with Gasteiger partial charge in [0.25, 0.3) is 0 Å². The SMILES string of the molecule is COC(=O)c1cccn2c(CCN3CCCCC3)nnc12. The fourth-order valence-corrected chi connectivity index (χ4v) is 2.84. The predicted molar refractivity (Wildman–Crippen MR) is 78.3 cm³/mol. The third-order valence-corrected chi connectivity index (χ3v) is 4.01. The number of aromatic nitrogens is 3. The molecule has 0 amide bonds. The van der Waals surface area contributed by atoms with Crippen LogP contribution in [0.4, 0.5) is 0 Å². The highest BCUT2D eigenvalue weighted by Gasteiger charge is 2.16. The number of ether oxygens (including phenoxy) is 1. The largest absolute Gasteiger partial charge is 0.465 e. The van der Waals surface area contributed by atoms with Crippen molar-refractivity contribution in [1.29, 1.82) is 0 Å². The van der Waals surface area contributed by atoms with E-state index < -0.39 is 0 Å². The lowest BCUT2D eigenvalue weighted by molar-refractivity contribution is 0.0602. The van der Waals surface area contributed by atoms with Gasteiger partial charge in [0.1, 0.15) is 11.4 Å². The van der Waals surface area contributed by atoms with Crippen molar-refractivity contribution in [1.82, 2.24) is 19.5 Å². The Balaban J connectivity index is 1.78. The Kier molecular flexibility index (Phi) is 4.15. The van der Waals surface area contributed by atoms with E-state index in [2.05, 4.69) is 15.1 Å². The summed E-state index contributed by atoms with van der Waals surface area (Å²) in [5, 5.41) is 8.38. The second-order valence-corrected chi connectivity index (χ2v) is 5.38. The molecule has 0 saturated carbocycles. The molecule has 1 aliphatic rings. The molecule has 0 bridgehead atoms. The van der Waals surface area contributed by atoms with Crippen molar-refractivity contribution >= 4 is 11.6 Å². The Morgan fingerprint density at radius 1 is 1.29 bits per heavy atom. The zero-order chi connectivity index (χ0) is 14.7. The molecule has 0 radical (unpaired) electrons. The predicted octanol–water partition coefficient (Wildman–Crippen LogP) is 1.54.